The van der Waals surface area contributed by atoms with Gasteiger partial charge in [-0.2, -0.15) is 0 Å². The lowest BCUT2D eigenvalue weighted by Gasteiger charge is -2.42. The van der Waals surface area contributed by atoms with E-state index in [9.17, 15) is 9.59 Å². The molecule has 0 radical (unpaired) electrons. The molecule has 0 bridgehead atoms. The van der Waals surface area contributed by atoms with E-state index in [1.165, 1.54) is 4.90 Å². The molecule has 0 spiro atoms. The summed E-state index contributed by atoms with van der Waals surface area (Å²) >= 11 is 0. The fourth-order valence-electron chi connectivity index (χ4n) is 5.09. The summed E-state index contributed by atoms with van der Waals surface area (Å²) in [5.74, 6) is 1.28. The predicted octanol–water partition coefficient (Wildman–Crippen LogP) is 3.14. The number of piperazine rings is 1. The lowest BCUT2D eigenvalue weighted by molar-refractivity contribution is 0.0775. The van der Waals surface area contributed by atoms with Crippen LogP contribution in [0.3, 0.4) is 0 Å². The fraction of sp³-hybridized carbons (Fsp3) is 0.560. The van der Waals surface area contributed by atoms with Crippen LogP contribution in [0.4, 0.5) is 10.6 Å². The van der Waals surface area contributed by atoms with Crippen LogP contribution < -0.4 is 10.5 Å². The van der Waals surface area contributed by atoms with Gasteiger partial charge in [0.05, 0.1) is 5.69 Å². The van der Waals surface area contributed by atoms with Crippen LogP contribution in [0, 0.1) is 6.92 Å². The van der Waals surface area contributed by atoms with E-state index in [0.29, 0.717) is 19.1 Å². The minimum absolute atomic E-state index is 0.0293. The van der Waals surface area contributed by atoms with Crippen LogP contribution in [0.2, 0.25) is 0 Å². The molecule has 2 saturated heterocycles. The number of aromatic nitrogens is 2. The molecule has 0 aliphatic carbocycles. The Labute approximate surface area is 195 Å². The molecule has 4 heterocycles. The van der Waals surface area contributed by atoms with Crippen LogP contribution in [-0.4, -0.2) is 75.9 Å². The topological polar surface area (TPSA) is 81.9 Å². The van der Waals surface area contributed by atoms with Crippen LogP contribution in [0.1, 0.15) is 43.9 Å². The van der Waals surface area contributed by atoms with E-state index in [-0.39, 0.29) is 11.5 Å². The molecule has 0 atom stereocenters. The molecule has 0 saturated carbocycles. The number of pyridine rings is 2. The second kappa shape index (κ2) is 9.55. The molecule has 0 aromatic carbocycles. The first-order chi connectivity index (χ1) is 15.7. The Hall–Kier alpha value is -2.87. The quantitative estimate of drug-likeness (QED) is 0.766. The van der Waals surface area contributed by atoms with Crippen LogP contribution in [0.15, 0.2) is 29.2 Å². The molecule has 2 aliphatic heterocycles. The summed E-state index contributed by atoms with van der Waals surface area (Å²) in [6.07, 6.45) is 3.21. The van der Waals surface area contributed by atoms with Crippen molar-refractivity contribution in [2.45, 2.75) is 45.6 Å². The third-order valence-electron chi connectivity index (χ3n) is 7.02. The van der Waals surface area contributed by atoms with Gasteiger partial charge in [0, 0.05) is 75.2 Å². The summed E-state index contributed by atoms with van der Waals surface area (Å²) in [4.78, 5) is 34.7. The standard InChI is InChI=1S/C25H35N5O3/c1-17(2)23-21(19-15-18(3)24(31)27(4)16-19)5-6-22(26-23)29-9-7-20(8-10-29)28-11-13-30(14-12-28)25(32)33/h5-6,15-17,20H,7-14H2,1-4H3,(H,32,33). The minimum atomic E-state index is -0.812. The molecule has 2 aliphatic rings. The zero-order valence-electron chi connectivity index (χ0n) is 20.1. The van der Waals surface area contributed by atoms with E-state index >= 15 is 0 Å². The van der Waals surface area contributed by atoms with Gasteiger partial charge in [-0.3, -0.25) is 9.69 Å². The third kappa shape index (κ3) is 4.90. The largest absolute Gasteiger partial charge is 0.465 e. The normalized spacial score (nSPS) is 18.2. The predicted molar refractivity (Wildman–Crippen MR) is 130 cm³/mol. The van der Waals surface area contributed by atoms with Crippen molar-refractivity contribution in [1.82, 2.24) is 19.4 Å². The van der Waals surface area contributed by atoms with E-state index in [1.807, 2.05) is 19.2 Å². The van der Waals surface area contributed by atoms with Crippen molar-refractivity contribution in [2.75, 3.05) is 44.2 Å². The molecule has 0 unspecified atom stereocenters. The molecular weight excluding hydrogens is 418 g/mol. The Kier molecular flexibility index (Phi) is 6.74. The van der Waals surface area contributed by atoms with Crippen molar-refractivity contribution >= 4 is 11.9 Å². The average Bonchev–Trinajstić information content (AvgIpc) is 2.82. The maximum Gasteiger partial charge on any atom is 0.407 e. The van der Waals surface area contributed by atoms with Crippen LogP contribution in [-0.2, 0) is 7.05 Å². The van der Waals surface area contributed by atoms with Gasteiger partial charge in [-0.25, -0.2) is 9.78 Å². The van der Waals surface area contributed by atoms with Crippen molar-refractivity contribution in [3.8, 4) is 11.1 Å². The highest BCUT2D eigenvalue weighted by Crippen LogP contribution is 2.31. The molecule has 2 aromatic heterocycles. The molecular formula is C25H35N5O3. The van der Waals surface area contributed by atoms with Gasteiger partial charge in [0.1, 0.15) is 5.82 Å². The third-order valence-corrected chi connectivity index (χ3v) is 7.02. The molecule has 4 rings (SSSR count). The van der Waals surface area contributed by atoms with E-state index < -0.39 is 6.09 Å². The molecule has 1 amide bonds. The van der Waals surface area contributed by atoms with Crippen molar-refractivity contribution in [3.63, 3.8) is 0 Å². The Morgan fingerprint density at radius 1 is 1.09 bits per heavy atom. The number of amides is 1. The second-order valence-electron chi connectivity index (χ2n) is 9.61. The highest BCUT2D eigenvalue weighted by atomic mass is 16.4. The molecule has 8 heteroatoms. The van der Waals surface area contributed by atoms with Gasteiger partial charge in [-0.1, -0.05) is 13.8 Å². The SMILES string of the molecule is Cc1cc(-c2ccc(N3CCC(N4CCN(C(=O)O)CC4)CC3)nc2C(C)C)cn(C)c1=O. The minimum Gasteiger partial charge on any atom is -0.465 e. The first-order valence-electron chi connectivity index (χ1n) is 11.9. The number of nitrogens with zero attached hydrogens (tertiary/aromatic N) is 5. The van der Waals surface area contributed by atoms with Crippen LogP contribution >= 0.6 is 0 Å². The summed E-state index contributed by atoms with van der Waals surface area (Å²) in [5, 5.41) is 9.17. The molecule has 2 aromatic rings. The first kappa shape index (κ1) is 23.3. The Balaban J connectivity index is 1.47. The highest BCUT2D eigenvalue weighted by molar-refractivity contribution is 5.68. The molecule has 8 nitrogen and oxygen atoms in total. The van der Waals surface area contributed by atoms with Gasteiger partial charge < -0.3 is 19.5 Å². The summed E-state index contributed by atoms with van der Waals surface area (Å²) in [7, 11) is 1.79. The van der Waals surface area contributed by atoms with Gasteiger partial charge in [0.15, 0.2) is 0 Å². The molecule has 1 N–H and O–H groups in total. The number of carboxylic acid groups (broad SMARTS) is 1. The van der Waals surface area contributed by atoms with Crippen molar-refractivity contribution in [2.24, 2.45) is 7.05 Å². The zero-order chi connectivity index (χ0) is 23.7. The average molecular weight is 454 g/mol. The van der Waals surface area contributed by atoms with E-state index in [2.05, 4.69) is 35.8 Å². The van der Waals surface area contributed by atoms with Gasteiger partial charge in [-0.15, -0.1) is 0 Å². The lowest BCUT2D eigenvalue weighted by atomic mass is 9.97. The van der Waals surface area contributed by atoms with Crippen LogP contribution in [0.5, 0.6) is 0 Å². The summed E-state index contributed by atoms with van der Waals surface area (Å²) in [6, 6.07) is 6.72. The van der Waals surface area contributed by atoms with Gasteiger partial charge >= 0.3 is 6.09 Å². The smallest absolute Gasteiger partial charge is 0.407 e. The lowest BCUT2D eigenvalue weighted by Crippen LogP contribution is -2.54. The highest BCUT2D eigenvalue weighted by Gasteiger charge is 2.29. The van der Waals surface area contributed by atoms with E-state index in [0.717, 1.165) is 67.2 Å². The van der Waals surface area contributed by atoms with Crippen molar-refractivity contribution < 1.29 is 9.90 Å². The molecule has 2 fully saturated rings. The first-order valence-corrected chi connectivity index (χ1v) is 11.9. The summed E-state index contributed by atoms with van der Waals surface area (Å²) in [5.41, 5.74) is 3.93. The van der Waals surface area contributed by atoms with Crippen LogP contribution in [0.25, 0.3) is 11.1 Å². The summed E-state index contributed by atoms with van der Waals surface area (Å²) in [6.45, 7) is 10.9. The number of hydrogen-bond acceptors (Lipinski definition) is 5. The number of rotatable bonds is 4. The Morgan fingerprint density at radius 2 is 1.76 bits per heavy atom. The number of carbonyl (C=O) groups is 1. The number of hydrogen-bond donors (Lipinski definition) is 1. The number of aryl methyl sites for hydroxylation is 2. The van der Waals surface area contributed by atoms with Crippen molar-refractivity contribution in [1.29, 1.82) is 0 Å². The summed E-state index contributed by atoms with van der Waals surface area (Å²) < 4.78 is 1.64. The Morgan fingerprint density at radius 3 is 2.33 bits per heavy atom. The second-order valence-corrected chi connectivity index (χ2v) is 9.61. The fourth-order valence-corrected chi connectivity index (χ4v) is 5.09. The van der Waals surface area contributed by atoms with E-state index in [1.54, 1.807) is 11.6 Å². The van der Waals surface area contributed by atoms with Gasteiger partial charge in [-0.05, 0) is 43.9 Å². The number of anilines is 1. The van der Waals surface area contributed by atoms with Crippen molar-refractivity contribution in [3.05, 3.63) is 46.0 Å². The maximum absolute atomic E-state index is 12.1. The van der Waals surface area contributed by atoms with Gasteiger partial charge in [0.25, 0.3) is 5.56 Å². The van der Waals surface area contributed by atoms with Gasteiger partial charge in [0.2, 0.25) is 0 Å². The molecule has 33 heavy (non-hydrogen) atoms. The van der Waals surface area contributed by atoms with E-state index in [4.69, 9.17) is 10.1 Å². The molecule has 178 valence electrons. The monoisotopic (exact) mass is 453 g/mol. The number of piperidine rings is 1. The zero-order valence-corrected chi connectivity index (χ0v) is 20.1. The maximum atomic E-state index is 12.1. The Bertz CT molecular complexity index is 1040.